The highest BCUT2D eigenvalue weighted by molar-refractivity contribution is 6.05. The summed E-state index contributed by atoms with van der Waals surface area (Å²) in [6.07, 6.45) is 6.08. The number of anilines is 2. The predicted molar refractivity (Wildman–Crippen MR) is 107 cm³/mol. The zero-order valence-electron chi connectivity index (χ0n) is 15.3. The van der Waals surface area contributed by atoms with Crippen molar-refractivity contribution < 1.29 is 9.59 Å². The van der Waals surface area contributed by atoms with E-state index in [9.17, 15) is 9.59 Å². The van der Waals surface area contributed by atoms with Gasteiger partial charge in [-0.3, -0.25) is 14.6 Å². The number of hydrogen-bond donors (Lipinski definition) is 3. The number of hydrogen-bond acceptors (Lipinski definition) is 5. The second-order valence-corrected chi connectivity index (χ2v) is 6.23. The minimum atomic E-state index is -0.272. The second-order valence-electron chi connectivity index (χ2n) is 6.23. The molecule has 0 bridgehead atoms. The highest BCUT2D eigenvalue weighted by Gasteiger charge is 2.09. The van der Waals surface area contributed by atoms with E-state index in [1.807, 2.05) is 24.3 Å². The molecule has 7 nitrogen and oxygen atoms in total. The fourth-order valence-corrected chi connectivity index (χ4v) is 2.58. The van der Waals surface area contributed by atoms with Gasteiger partial charge in [0, 0.05) is 37.1 Å². The molecule has 0 saturated heterocycles. The molecule has 4 N–H and O–H groups in total. The summed E-state index contributed by atoms with van der Waals surface area (Å²) in [4.78, 5) is 32.3. The number of nitrogens with zero attached hydrogens (tertiary/aromatic N) is 2. The Morgan fingerprint density at radius 2 is 1.75 bits per heavy atom. The molecule has 0 radical (unpaired) electrons. The summed E-state index contributed by atoms with van der Waals surface area (Å²) in [5.74, 6) is -0.0362. The first kappa shape index (κ1) is 19.0. The lowest BCUT2D eigenvalue weighted by molar-refractivity contribution is -0.121. The third-order valence-corrected chi connectivity index (χ3v) is 4.16. The van der Waals surface area contributed by atoms with Crippen LogP contribution in [0.4, 0.5) is 11.5 Å². The van der Waals surface area contributed by atoms with Crippen LogP contribution in [-0.2, 0) is 17.8 Å². The summed E-state index contributed by atoms with van der Waals surface area (Å²) in [6, 6.07) is 14.2. The minimum Gasteiger partial charge on any atom is -0.382 e. The van der Waals surface area contributed by atoms with Crippen molar-refractivity contribution in [3.63, 3.8) is 0 Å². The molecule has 0 aliphatic carbocycles. The van der Waals surface area contributed by atoms with Crippen LogP contribution in [0.5, 0.6) is 0 Å². The average molecular weight is 375 g/mol. The maximum absolute atomic E-state index is 12.3. The summed E-state index contributed by atoms with van der Waals surface area (Å²) >= 11 is 0. The Morgan fingerprint density at radius 1 is 0.964 bits per heavy atom. The van der Waals surface area contributed by atoms with Gasteiger partial charge in [-0.15, -0.1) is 0 Å². The van der Waals surface area contributed by atoms with Crippen LogP contribution < -0.4 is 16.4 Å². The number of carbonyl (C=O) groups is 2. The Bertz CT molecular complexity index is 943. The van der Waals surface area contributed by atoms with Crippen LogP contribution in [-0.4, -0.2) is 21.8 Å². The van der Waals surface area contributed by atoms with Crippen LogP contribution in [0.2, 0.25) is 0 Å². The molecule has 0 saturated carbocycles. The largest absolute Gasteiger partial charge is 0.382 e. The molecule has 1 aromatic carbocycles. The van der Waals surface area contributed by atoms with Crippen LogP contribution in [0.25, 0.3) is 0 Å². The van der Waals surface area contributed by atoms with E-state index in [1.54, 1.807) is 42.9 Å². The smallest absolute Gasteiger partial charge is 0.255 e. The van der Waals surface area contributed by atoms with Crippen molar-refractivity contribution in [2.75, 3.05) is 11.1 Å². The predicted octanol–water partition coefficient (Wildman–Crippen LogP) is 2.56. The van der Waals surface area contributed by atoms with Gasteiger partial charge in [-0.05, 0) is 47.9 Å². The van der Waals surface area contributed by atoms with Gasteiger partial charge in [-0.1, -0.05) is 18.2 Å². The third-order valence-electron chi connectivity index (χ3n) is 4.16. The van der Waals surface area contributed by atoms with Gasteiger partial charge >= 0.3 is 0 Å². The van der Waals surface area contributed by atoms with E-state index in [0.29, 0.717) is 30.6 Å². The molecule has 0 fully saturated rings. The number of amides is 2. The fourth-order valence-electron chi connectivity index (χ4n) is 2.58. The van der Waals surface area contributed by atoms with Crippen molar-refractivity contribution in [2.24, 2.45) is 0 Å². The maximum Gasteiger partial charge on any atom is 0.255 e. The molecular weight excluding hydrogens is 354 g/mol. The van der Waals surface area contributed by atoms with Crippen LogP contribution in [0.15, 0.2) is 67.1 Å². The van der Waals surface area contributed by atoms with Crippen LogP contribution >= 0.6 is 0 Å². The lowest BCUT2D eigenvalue weighted by Crippen LogP contribution is -2.23. The van der Waals surface area contributed by atoms with Gasteiger partial charge in [0.1, 0.15) is 5.82 Å². The molecule has 0 spiro atoms. The molecule has 7 heteroatoms. The van der Waals surface area contributed by atoms with Crippen molar-refractivity contribution in [1.82, 2.24) is 15.3 Å². The molecule has 0 unspecified atom stereocenters. The topological polar surface area (TPSA) is 110 Å². The Labute approximate surface area is 163 Å². The van der Waals surface area contributed by atoms with Gasteiger partial charge in [0.05, 0.1) is 5.69 Å². The highest BCUT2D eigenvalue weighted by Crippen LogP contribution is 2.15. The molecule has 2 aromatic heterocycles. The van der Waals surface area contributed by atoms with Gasteiger partial charge in [-0.2, -0.15) is 0 Å². The zero-order chi connectivity index (χ0) is 19.8. The number of aromatic nitrogens is 2. The van der Waals surface area contributed by atoms with E-state index < -0.39 is 0 Å². The van der Waals surface area contributed by atoms with Gasteiger partial charge in [0.2, 0.25) is 5.91 Å². The molecule has 2 heterocycles. The van der Waals surface area contributed by atoms with Gasteiger partial charge in [-0.25, -0.2) is 4.98 Å². The number of nitrogens with two attached hydrogens (primary N) is 1. The normalized spacial score (nSPS) is 10.3. The van der Waals surface area contributed by atoms with Crippen molar-refractivity contribution in [1.29, 1.82) is 0 Å². The standard InChI is InChI=1S/C21H21N5O2/c22-20-18(4-2-12-24-20)26-21(28)17-8-5-16(6-9-17)14-25-19(27)10-7-15-3-1-11-23-13-15/h1-6,8-9,11-13H,7,10,14H2,(H2,22,24)(H,25,27)(H,26,28). The average Bonchev–Trinajstić information content (AvgIpc) is 2.73. The summed E-state index contributed by atoms with van der Waals surface area (Å²) in [7, 11) is 0. The van der Waals surface area contributed by atoms with Crippen molar-refractivity contribution >= 4 is 23.3 Å². The summed E-state index contributed by atoms with van der Waals surface area (Å²) < 4.78 is 0. The Hall–Kier alpha value is -3.74. The maximum atomic E-state index is 12.3. The summed E-state index contributed by atoms with van der Waals surface area (Å²) in [5.41, 5.74) is 8.64. The number of nitrogen functional groups attached to an aromatic ring is 1. The number of benzene rings is 1. The van der Waals surface area contributed by atoms with Crippen molar-refractivity contribution in [2.45, 2.75) is 19.4 Å². The third kappa shape index (κ3) is 5.38. The van der Waals surface area contributed by atoms with Crippen LogP contribution in [0.3, 0.4) is 0 Å². The van der Waals surface area contributed by atoms with E-state index in [4.69, 9.17) is 5.73 Å². The van der Waals surface area contributed by atoms with Gasteiger partial charge in [0.15, 0.2) is 0 Å². The highest BCUT2D eigenvalue weighted by atomic mass is 16.2. The molecule has 0 aliphatic rings. The molecule has 3 aromatic rings. The SMILES string of the molecule is Nc1ncccc1NC(=O)c1ccc(CNC(=O)CCc2cccnc2)cc1. The molecule has 3 rings (SSSR count). The number of carbonyl (C=O) groups excluding carboxylic acids is 2. The Balaban J connectivity index is 1.48. The summed E-state index contributed by atoms with van der Waals surface area (Å²) in [6.45, 7) is 0.406. The number of rotatable bonds is 7. The van der Waals surface area contributed by atoms with Crippen molar-refractivity contribution in [3.8, 4) is 0 Å². The molecule has 0 aliphatic heterocycles. The van der Waals surface area contributed by atoms with E-state index in [1.165, 1.54) is 0 Å². The fraction of sp³-hybridized carbons (Fsp3) is 0.143. The van der Waals surface area contributed by atoms with E-state index in [0.717, 1.165) is 11.1 Å². The first-order chi connectivity index (χ1) is 13.6. The molecule has 0 atom stereocenters. The molecule has 2 amide bonds. The molecule has 28 heavy (non-hydrogen) atoms. The number of aryl methyl sites for hydroxylation is 1. The Kier molecular flexibility index (Phi) is 6.30. The first-order valence-corrected chi connectivity index (χ1v) is 8.88. The Morgan fingerprint density at radius 3 is 2.46 bits per heavy atom. The van der Waals surface area contributed by atoms with E-state index >= 15 is 0 Å². The van der Waals surface area contributed by atoms with E-state index in [2.05, 4.69) is 20.6 Å². The zero-order valence-corrected chi connectivity index (χ0v) is 15.3. The monoisotopic (exact) mass is 375 g/mol. The number of pyridine rings is 2. The van der Waals surface area contributed by atoms with Crippen LogP contribution in [0.1, 0.15) is 27.9 Å². The van der Waals surface area contributed by atoms with Crippen LogP contribution in [0, 0.1) is 0 Å². The lowest BCUT2D eigenvalue weighted by Gasteiger charge is -2.08. The van der Waals surface area contributed by atoms with Gasteiger partial charge in [0.25, 0.3) is 5.91 Å². The quantitative estimate of drug-likeness (QED) is 0.588. The van der Waals surface area contributed by atoms with Gasteiger partial charge < -0.3 is 16.4 Å². The minimum absolute atomic E-state index is 0.0299. The second kappa shape index (κ2) is 9.27. The molecular formula is C21H21N5O2. The first-order valence-electron chi connectivity index (χ1n) is 8.88. The lowest BCUT2D eigenvalue weighted by atomic mass is 10.1. The number of nitrogens with one attached hydrogen (secondary N) is 2. The molecule has 142 valence electrons. The summed E-state index contributed by atoms with van der Waals surface area (Å²) in [5, 5.41) is 5.61. The van der Waals surface area contributed by atoms with Crippen molar-refractivity contribution in [3.05, 3.63) is 83.8 Å². The van der Waals surface area contributed by atoms with E-state index in [-0.39, 0.29) is 17.6 Å².